The Morgan fingerprint density at radius 2 is 2.20 bits per heavy atom. The van der Waals surface area contributed by atoms with Gasteiger partial charge in [0.2, 0.25) is 5.56 Å². The number of ether oxygens (including phenoxy) is 1. The Labute approximate surface area is 118 Å². The lowest BCUT2D eigenvalue weighted by molar-refractivity contribution is -0.0630. The molecule has 5 heteroatoms. The largest absolute Gasteiger partial charge is 0.388 e. The van der Waals surface area contributed by atoms with Gasteiger partial charge in [0.25, 0.3) is 0 Å². The van der Waals surface area contributed by atoms with Gasteiger partial charge >= 0.3 is 0 Å². The maximum absolute atomic E-state index is 11.4. The molecule has 0 radical (unpaired) electrons. The third kappa shape index (κ3) is 2.95. The van der Waals surface area contributed by atoms with Crippen LogP contribution in [0.25, 0.3) is 0 Å². The lowest BCUT2D eigenvalue weighted by Crippen LogP contribution is -2.46. The highest BCUT2D eigenvalue weighted by molar-refractivity contribution is 5.26. The second-order valence-electron chi connectivity index (χ2n) is 5.92. The van der Waals surface area contributed by atoms with Gasteiger partial charge in [-0.05, 0) is 24.8 Å². The van der Waals surface area contributed by atoms with Crippen LogP contribution >= 0.6 is 0 Å². The van der Waals surface area contributed by atoms with Gasteiger partial charge in [0.1, 0.15) is 0 Å². The molecule has 110 valence electrons. The standard InChI is InChI=1S/C15H22N2O3/c18-14-5-4-11-12(2-1-3-13(11)17-14)16-10-15(19)6-8-20-9-7-15/h4-5,12,16,19H,1-3,6-10H2,(H,17,18). The van der Waals surface area contributed by atoms with Gasteiger partial charge < -0.3 is 20.1 Å². The molecule has 1 aromatic rings. The number of H-pyrrole nitrogens is 1. The first-order valence-corrected chi connectivity index (χ1v) is 7.42. The number of aromatic nitrogens is 1. The van der Waals surface area contributed by atoms with Crippen molar-refractivity contribution in [2.75, 3.05) is 19.8 Å². The van der Waals surface area contributed by atoms with E-state index in [1.807, 2.05) is 6.07 Å². The lowest BCUT2D eigenvalue weighted by atomic mass is 9.89. The van der Waals surface area contributed by atoms with Crippen LogP contribution in [-0.4, -0.2) is 35.5 Å². The molecule has 1 aromatic heterocycles. The van der Waals surface area contributed by atoms with Crippen LogP contribution in [0.5, 0.6) is 0 Å². The number of rotatable bonds is 3. The molecule has 0 amide bonds. The number of hydrogen-bond donors (Lipinski definition) is 3. The van der Waals surface area contributed by atoms with Crippen molar-refractivity contribution in [2.24, 2.45) is 0 Å². The number of pyridine rings is 1. The van der Waals surface area contributed by atoms with E-state index in [0.29, 0.717) is 32.6 Å². The molecule has 1 fully saturated rings. The van der Waals surface area contributed by atoms with Crippen molar-refractivity contribution in [1.82, 2.24) is 10.3 Å². The van der Waals surface area contributed by atoms with Crippen molar-refractivity contribution in [3.8, 4) is 0 Å². The van der Waals surface area contributed by atoms with E-state index < -0.39 is 5.60 Å². The molecule has 1 atom stereocenters. The predicted molar refractivity (Wildman–Crippen MR) is 75.7 cm³/mol. The maximum Gasteiger partial charge on any atom is 0.248 e. The Bertz CT molecular complexity index is 520. The van der Waals surface area contributed by atoms with Gasteiger partial charge in [-0.3, -0.25) is 4.79 Å². The summed E-state index contributed by atoms with van der Waals surface area (Å²) in [5.41, 5.74) is 1.53. The minimum atomic E-state index is -0.655. The Balaban J connectivity index is 1.68. The fourth-order valence-corrected chi connectivity index (χ4v) is 3.15. The van der Waals surface area contributed by atoms with Crippen molar-refractivity contribution in [3.05, 3.63) is 33.7 Å². The summed E-state index contributed by atoms with van der Waals surface area (Å²) in [6, 6.07) is 3.73. The first kappa shape index (κ1) is 13.8. The van der Waals surface area contributed by atoms with Crippen LogP contribution in [0.1, 0.15) is 43.0 Å². The minimum Gasteiger partial charge on any atom is -0.388 e. The second kappa shape index (κ2) is 5.68. The van der Waals surface area contributed by atoms with Gasteiger partial charge in [0.05, 0.1) is 5.60 Å². The van der Waals surface area contributed by atoms with Crippen molar-refractivity contribution >= 4 is 0 Å². The van der Waals surface area contributed by atoms with Crippen LogP contribution in [0.2, 0.25) is 0 Å². The summed E-state index contributed by atoms with van der Waals surface area (Å²) in [6.45, 7) is 1.85. The first-order chi connectivity index (χ1) is 9.66. The molecule has 1 saturated heterocycles. The summed E-state index contributed by atoms with van der Waals surface area (Å²) in [4.78, 5) is 14.3. The van der Waals surface area contributed by atoms with Gasteiger partial charge in [-0.2, -0.15) is 0 Å². The van der Waals surface area contributed by atoms with E-state index in [-0.39, 0.29) is 11.6 Å². The first-order valence-electron chi connectivity index (χ1n) is 7.42. The van der Waals surface area contributed by atoms with Crippen LogP contribution < -0.4 is 10.9 Å². The molecule has 0 bridgehead atoms. The Hall–Kier alpha value is -1.17. The summed E-state index contributed by atoms with van der Waals surface area (Å²) < 4.78 is 5.30. The summed E-state index contributed by atoms with van der Waals surface area (Å²) in [5, 5.41) is 14.0. The molecular weight excluding hydrogens is 256 g/mol. The van der Waals surface area contributed by atoms with E-state index >= 15 is 0 Å². The highest BCUT2D eigenvalue weighted by Crippen LogP contribution is 2.28. The molecule has 1 unspecified atom stereocenters. The molecule has 0 aromatic carbocycles. The van der Waals surface area contributed by atoms with Crippen LogP contribution in [0, 0.1) is 0 Å². The molecular formula is C15H22N2O3. The second-order valence-corrected chi connectivity index (χ2v) is 5.92. The maximum atomic E-state index is 11.4. The third-order valence-corrected chi connectivity index (χ3v) is 4.43. The third-order valence-electron chi connectivity index (χ3n) is 4.43. The molecule has 2 heterocycles. The van der Waals surface area contributed by atoms with Crippen LogP contribution in [0.4, 0.5) is 0 Å². The van der Waals surface area contributed by atoms with E-state index in [4.69, 9.17) is 4.74 Å². The van der Waals surface area contributed by atoms with Gasteiger partial charge in [-0.1, -0.05) is 6.07 Å². The zero-order valence-electron chi connectivity index (χ0n) is 11.7. The van der Waals surface area contributed by atoms with Crippen molar-refractivity contribution < 1.29 is 9.84 Å². The van der Waals surface area contributed by atoms with E-state index in [2.05, 4.69) is 10.3 Å². The zero-order valence-corrected chi connectivity index (χ0v) is 11.7. The van der Waals surface area contributed by atoms with Gasteiger partial charge in [-0.15, -0.1) is 0 Å². The Morgan fingerprint density at radius 3 is 3.00 bits per heavy atom. The fourth-order valence-electron chi connectivity index (χ4n) is 3.15. The molecule has 0 spiro atoms. The Morgan fingerprint density at radius 1 is 1.40 bits per heavy atom. The van der Waals surface area contributed by atoms with Crippen LogP contribution in [0.15, 0.2) is 16.9 Å². The van der Waals surface area contributed by atoms with Crippen LogP contribution in [0.3, 0.4) is 0 Å². The van der Waals surface area contributed by atoms with Gasteiger partial charge in [-0.25, -0.2) is 0 Å². The van der Waals surface area contributed by atoms with E-state index in [0.717, 1.165) is 25.0 Å². The van der Waals surface area contributed by atoms with Gasteiger partial charge in [0, 0.05) is 50.4 Å². The Kier molecular flexibility index (Phi) is 3.92. The van der Waals surface area contributed by atoms with E-state index in [9.17, 15) is 9.90 Å². The molecule has 1 aliphatic carbocycles. The fraction of sp³-hybridized carbons (Fsp3) is 0.667. The molecule has 5 nitrogen and oxygen atoms in total. The highest BCUT2D eigenvalue weighted by atomic mass is 16.5. The van der Waals surface area contributed by atoms with Crippen molar-refractivity contribution in [3.63, 3.8) is 0 Å². The average molecular weight is 278 g/mol. The monoisotopic (exact) mass is 278 g/mol. The smallest absolute Gasteiger partial charge is 0.248 e. The predicted octanol–water partition coefficient (Wildman–Crippen LogP) is 0.883. The molecule has 1 aliphatic heterocycles. The molecule has 20 heavy (non-hydrogen) atoms. The topological polar surface area (TPSA) is 74.4 Å². The number of aromatic amines is 1. The zero-order chi connectivity index (χ0) is 14.0. The molecule has 3 N–H and O–H groups in total. The number of aryl methyl sites for hydroxylation is 1. The van der Waals surface area contributed by atoms with Crippen LogP contribution in [-0.2, 0) is 11.2 Å². The summed E-state index contributed by atoms with van der Waals surface area (Å²) >= 11 is 0. The van der Waals surface area contributed by atoms with E-state index in [1.54, 1.807) is 6.07 Å². The number of hydrogen-bond acceptors (Lipinski definition) is 4. The quantitative estimate of drug-likeness (QED) is 0.767. The summed E-state index contributed by atoms with van der Waals surface area (Å²) in [6.07, 6.45) is 4.41. The average Bonchev–Trinajstić information content (AvgIpc) is 2.45. The summed E-state index contributed by atoms with van der Waals surface area (Å²) in [5.74, 6) is 0. The summed E-state index contributed by atoms with van der Waals surface area (Å²) in [7, 11) is 0. The van der Waals surface area contributed by atoms with Crippen molar-refractivity contribution in [1.29, 1.82) is 0 Å². The number of fused-ring (bicyclic) bond motifs is 1. The van der Waals surface area contributed by atoms with Crippen molar-refractivity contribution in [2.45, 2.75) is 43.7 Å². The van der Waals surface area contributed by atoms with E-state index in [1.165, 1.54) is 5.56 Å². The molecule has 3 rings (SSSR count). The number of aliphatic hydroxyl groups is 1. The van der Waals surface area contributed by atoms with Gasteiger partial charge in [0.15, 0.2) is 0 Å². The molecule has 0 saturated carbocycles. The highest BCUT2D eigenvalue weighted by Gasteiger charge is 2.31. The SMILES string of the molecule is O=c1ccc2c([nH]1)CCCC2NCC1(O)CCOCC1. The lowest BCUT2D eigenvalue weighted by Gasteiger charge is -2.35. The number of nitrogens with one attached hydrogen (secondary N) is 2. The minimum absolute atomic E-state index is 0.0348. The molecule has 2 aliphatic rings. The normalized spacial score (nSPS) is 25.1.